The van der Waals surface area contributed by atoms with Crippen LogP contribution in [0.1, 0.15) is 34.9 Å². The molecule has 0 saturated heterocycles. The van der Waals surface area contributed by atoms with E-state index in [2.05, 4.69) is 24.0 Å². The van der Waals surface area contributed by atoms with Crippen molar-refractivity contribution in [2.45, 2.75) is 32.8 Å². The molecule has 0 radical (unpaired) electrons. The number of hydrogen-bond acceptors (Lipinski definition) is 3. The summed E-state index contributed by atoms with van der Waals surface area (Å²) in [6.07, 6.45) is 1.18. The fourth-order valence-electron chi connectivity index (χ4n) is 1.76. The van der Waals surface area contributed by atoms with E-state index in [1.165, 1.54) is 5.56 Å². The predicted octanol–water partition coefficient (Wildman–Crippen LogP) is 3.29. The molecule has 1 unspecified atom stereocenters. The van der Waals surface area contributed by atoms with Gasteiger partial charge in [-0.2, -0.15) is 0 Å². The van der Waals surface area contributed by atoms with Crippen LogP contribution in [0.5, 0.6) is 0 Å². The molecular formula is C14H17NOS. The molecule has 1 aromatic heterocycles. The van der Waals surface area contributed by atoms with Crippen LogP contribution >= 0.6 is 11.3 Å². The Labute approximate surface area is 106 Å². The zero-order chi connectivity index (χ0) is 12.3. The van der Waals surface area contributed by atoms with Gasteiger partial charge in [0.2, 0.25) is 0 Å². The summed E-state index contributed by atoms with van der Waals surface area (Å²) >= 11 is 1.61. The number of aryl methyl sites for hydroxylation is 2. The Hall–Kier alpha value is -1.19. The highest BCUT2D eigenvalue weighted by molar-refractivity contribution is 7.09. The van der Waals surface area contributed by atoms with Gasteiger partial charge >= 0.3 is 0 Å². The quantitative estimate of drug-likeness (QED) is 0.899. The second-order valence-corrected chi connectivity index (χ2v) is 5.14. The van der Waals surface area contributed by atoms with Crippen molar-refractivity contribution in [1.29, 1.82) is 0 Å². The van der Waals surface area contributed by atoms with E-state index in [0.29, 0.717) is 6.42 Å². The van der Waals surface area contributed by atoms with Gasteiger partial charge in [0, 0.05) is 17.5 Å². The first kappa shape index (κ1) is 12.3. The minimum absolute atomic E-state index is 0.452. The van der Waals surface area contributed by atoms with E-state index < -0.39 is 6.10 Å². The normalized spacial score (nSPS) is 12.6. The topological polar surface area (TPSA) is 33.1 Å². The first-order chi connectivity index (χ1) is 8.19. The van der Waals surface area contributed by atoms with Gasteiger partial charge in [-0.15, -0.1) is 11.3 Å². The maximum Gasteiger partial charge on any atom is 0.0957 e. The number of nitrogens with zero attached hydrogens (tertiary/aromatic N) is 1. The minimum atomic E-state index is -0.452. The Morgan fingerprint density at radius 3 is 2.53 bits per heavy atom. The number of thiazole rings is 1. The number of benzene rings is 1. The first-order valence-corrected chi connectivity index (χ1v) is 6.75. The number of aromatic nitrogens is 1. The van der Waals surface area contributed by atoms with E-state index in [0.717, 1.165) is 22.7 Å². The smallest absolute Gasteiger partial charge is 0.0957 e. The minimum Gasteiger partial charge on any atom is -0.388 e. The summed E-state index contributed by atoms with van der Waals surface area (Å²) < 4.78 is 0. The van der Waals surface area contributed by atoms with Crippen LogP contribution in [0.3, 0.4) is 0 Å². The fraction of sp³-hybridized carbons (Fsp3) is 0.357. The third-order valence-corrected chi connectivity index (χ3v) is 3.80. The zero-order valence-corrected chi connectivity index (χ0v) is 11.0. The molecule has 3 heteroatoms. The van der Waals surface area contributed by atoms with E-state index in [1.807, 2.05) is 24.4 Å². The van der Waals surface area contributed by atoms with Crippen molar-refractivity contribution in [2.75, 3.05) is 0 Å². The lowest BCUT2D eigenvalue weighted by Gasteiger charge is -2.09. The van der Waals surface area contributed by atoms with Crippen molar-refractivity contribution < 1.29 is 5.11 Å². The largest absolute Gasteiger partial charge is 0.388 e. The predicted molar refractivity (Wildman–Crippen MR) is 71.3 cm³/mol. The van der Waals surface area contributed by atoms with Gasteiger partial charge < -0.3 is 5.11 Å². The van der Waals surface area contributed by atoms with E-state index in [1.54, 1.807) is 11.3 Å². The van der Waals surface area contributed by atoms with E-state index in [-0.39, 0.29) is 0 Å². The maximum atomic E-state index is 10.1. The molecule has 17 heavy (non-hydrogen) atoms. The van der Waals surface area contributed by atoms with Crippen LogP contribution in [-0.4, -0.2) is 10.1 Å². The molecule has 2 nitrogen and oxygen atoms in total. The van der Waals surface area contributed by atoms with Gasteiger partial charge in [0.15, 0.2) is 0 Å². The zero-order valence-electron chi connectivity index (χ0n) is 10.2. The molecule has 90 valence electrons. The van der Waals surface area contributed by atoms with Crippen molar-refractivity contribution in [3.05, 3.63) is 51.5 Å². The van der Waals surface area contributed by atoms with Crippen molar-refractivity contribution in [2.24, 2.45) is 0 Å². The third-order valence-electron chi connectivity index (χ3n) is 2.81. The second kappa shape index (κ2) is 5.43. The molecule has 0 saturated carbocycles. The molecule has 0 aliphatic carbocycles. The van der Waals surface area contributed by atoms with Crippen LogP contribution in [0.25, 0.3) is 0 Å². The van der Waals surface area contributed by atoms with Crippen LogP contribution in [0.2, 0.25) is 0 Å². The Kier molecular flexibility index (Phi) is 3.92. The lowest BCUT2D eigenvalue weighted by Crippen LogP contribution is -2.01. The Bertz CT molecular complexity index is 475. The lowest BCUT2D eigenvalue weighted by molar-refractivity contribution is 0.178. The van der Waals surface area contributed by atoms with Crippen molar-refractivity contribution in [3.63, 3.8) is 0 Å². The lowest BCUT2D eigenvalue weighted by atomic mass is 10.0. The maximum absolute atomic E-state index is 10.1. The van der Waals surface area contributed by atoms with E-state index in [4.69, 9.17) is 0 Å². The van der Waals surface area contributed by atoms with Gasteiger partial charge in [-0.25, -0.2) is 4.98 Å². The number of rotatable bonds is 4. The monoisotopic (exact) mass is 247 g/mol. The first-order valence-electron chi connectivity index (χ1n) is 5.87. The summed E-state index contributed by atoms with van der Waals surface area (Å²) in [5, 5.41) is 13.1. The molecule has 0 amide bonds. The molecule has 0 spiro atoms. The Morgan fingerprint density at radius 2 is 2.00 bits per heavy atom. The van der Waals surface area contributed by atoms with Gasteiger partial charge in [0.25, 0.3) is 0 Å². The van der Waals surface area contributed by atoms with Gasteiger partial charge in [-0.3, -0.25) is 0 Å². The molecule has 1 atom stereocenters. The van der Waals surface area contributed by atoms with Crippen molar-refractivity contribution in [3.8, 4) is 0 Å². The Balaban J connectivity index is 2.06. The molecule has 0 fully saturated rings. The molecule has 0 aliphatic heterocycles. The molecule has 0 bridgehead atoms. The molecule has 1 aromatic carbocycles. The third kappa shape index (κ3) is 3.14. The SMILES string of the molecule is CCc1ccc(C(O)Cc2nc(C)cs2)cc1. The van der Waals surface area contributed by atoms with E-state index >= 15 is 0 Å². The number of aliphatic hydroxyl groups excluding tert-OH is 1. The molecular weight excluding hydrogens is 230 g/mol. The number of aliphatic hydroxyl groups is 1. The van der Waals surface area contributed by atoms with Gasteiger partial charge in [-0.05, 0) is 24.5 Å². The van der Waals surface area contributed by atoms with E-state index in [9.17, 15) is 5.11 Å². The highest BCUT2D eigenvalue weighted by Gasteiger charge is 2.10. The van der Waals surface area contributed by atoms with Crippen molar-refractivity contribution >= 4 is 11.3 Å². The summed E-state index contributed by atoms with van der Waals surface area (Å²) in [5.41, 5.74) is 3.29. The van der Waals surface area contributed by atoms with Crippen LogP contribution in [0.4, 0.5) is 0 Å². The average molecular weight is 247 g/mol. The van der Waals surface area contributed by atoms with Crippen molar-refractivity contribution in [1.82, 2.24) is 4.98 Å². The van der Waals surface area contributed by atoms with Gasteiger partial charge in [-0.1, -0.05) is 31.2 Å². The summed E-state index contributed by atoms with van der Waals surface area (Å²) in [7, 11) is 0. The second-order valence-electron chi connectivity index (χ2n) is 4.20. The highest BCUT2D eigenvalue weighted by atomic mass is 32.1. The molecule has 2 aromatic rings. The molecule has 1 heterocycles. The summed E-state index contributed by atoms with van der Waals surface area (Å²) in [5.74, 6) is 0. The van der Waals surface area contributed by atoms with Crippen LogP contribution in [0.15, 0.2) is 29.6 Å². The summed E-state index contributed by atoms with van der Waals surface area (Å²) in [6.45, 7) is 4.10. The average Bonchev–Trinajstić information content (AvgIpc) is 2.75. The summed E-state index contributed by atoms with van der Waals surface area (Å²) in [4.78, 5) is 4.37. The Morgan fingerprint density at radius 1 is 1.29 bits per heavy atom. The molecule has 0 aliphatic rings. The standard InChI is InChI=1S/C14H17NOS/c1-3-11-4-6-12(7-5-11)13(16)8-14-15-10(2)9-17-14/h4-7,9,13,16H,3,8H2,1-2H3. The fourth-order valence-corrected chi connectivity index (χ4v) is 2.57. The van der Waals surface area contributed by atoms with Gasteiger partial charge in [0.1, 0.15) is 0 Å². The molecule has 1 N–H and O–H groups in total. The van der Waals surface area contributed by atoms with Crippen LogP contribution in [0, 0.1) is 6.92 Å². The molecule has 2 rings (SSSR count). The number of hydrogen-bond donors (Lipinski definition) is 1. The summed E-state index contributed by atoms with van der Waals surface area (Å²) in [6, 6.07) is 8.16. The van der Waals surface area contributed by atoms with Crippen LogP contribution < -0.4 is 0 Å². The highest BCUT2D eigenvalue weighted by Crippen LogP contribution is 2.21. The van der Waals surface area contributed by atoms with Gasteiger partial charge in [0.05, 0.1) is 11.1 Å². The van der Waals surface area contributed by atoms with Crippen LogP contribution in [-0.2, 0) is 12.8 Å².